The summed E-state index contributed by atoms with van der Waals surface area (Å²) in [5.74, 6) is 1.10. The van der Waals surface area contributed by atoms with Crippen molar-refractivity contribution in [2.75, 3.05) is 26.2 Å². The van der Waals surface area contributed by atoms with Gasteiger partial charge in [-0.1, -0.05) is 6.92 Å². The van der Waals surface area contributed by atoms with Gasteiger partial charge in [0, 0.05) is 25.5 Å². The Morgan fingerprint density at radius 1 is 1.32 bits per heavy atom. The standard InChI is InChI=1S/C15H27N3O/c1-3-15(13-19)5-10-17(11-6-15)8-4-9-18-12-7-16-14(18)2/h7,12,19H,3-6,8-11,13H2,1-2H3. The van der Waals surface area contributed by atoms with E-state index in [4.69, 9.17) is 0 Å². The number of likely N-dealkylation sites (tertiary alicyclic amines) is 1. The molecule has 4 nitrogen and oxygen atoms in total. The molecule has 0 bridgehead atoms. The maximum absolute atomic E-state index is 9.53. The van der Waals surface area contributed by atoms with Gasteiger partial charge in [-0.25, -0.2) is 4.98 Å². The van der Waals surface area contributed by atoms with Crippen LogP contribution in [0.4, 0.5) is 0 Å². The molecular weight excluding hydrogens is 238 g/mol. The molecule has 4 heteroatoms. The van der Waals surface area contributed by atoms with Gasteiger partial charge in [-0.3, -0.25) is 0 Å². The zero-order valence-corrected chi connectivity index (χ0v) is 12.3. The van der Waals surface area contributed by atoms with Crippen LogP contribution in [0.5, 0.6) is 0 Å². The van der Waals surface area contributed by atoms with Crippen molar-refractivity contribution in [3.8, 4) is 0 Å². The van der Waals surface area contributed by atoms with Crippen molar-refractivity contribution < 1.29 is 5.11 Å². The predicted octanol–water partition coefficient (Wildman–Crippen LogP) is 2.07. The Hall–Kier alpha value is -0.870. The minimum absolute atomic E-state index is 0.206. The molecule has 108 valence electrons. The Morgan fingerprint density at radius 3 is 2.58 bits per heavy atom. The van der Waals surface area contributed by atoms with Crippen molar-refractivity contribution in [3.05, 3.63) is 18.2 Å². The largest absolute Gasteiger partial charge is 0.396 e. The third kappa shape index (κ3) is 3.57. The molecule has 1 aromatic heterocycles. The zero-order chi connectivity index (χ0) is 13.7. The summed E-state index contributed by atoms with van der Waals surface area (Å²) in [6.45, 7) is 9.09. The van der Waals surface area contributed by atoms with Crippen LogP contribution in [0, 0.1) is 12.3 Å². The summed E-state index contributed by atoms with van der Waals surface area (Å²) in [5.41, 5.74) is 0.206. The van der Waals surface area contributed by atoms with Gasteiger partial charge in [0.15, 0.2) is 0 Å². The first-order valence-corrected chi connectivity index (χ1v) is 7.50. The van der Waals surface area contributed by atoms with E-state index in [-0.39, 0.29) is 5.41 Å². The van der Waals surface area contributed by atoms with E-state index in [1.165, 1.54) is 6.42 Å². The number of hydrogen-bond acceptors (Lipinski definition) is 3. The Morgan fingerprint density at radius 2 is 2.05 bits per heavy atom. The number of aromatic nitrogens is 2. The van der Waals surface area contributed by atoms with Gasteiger partial charge in [0.05, 0.1) is 0 Å². The van der Waals surface area contributed by atoms with Crippen LogP contribution in [-0.2, 0) is 6.54 Å². The third-order valence-corrected chi connectivity index (χ3v) is 4.80. The maximum atomic E-state index is 9.53. The van der Waals surface area contributed by atoms with E-state index in [1.807, 2.05) is 6.20 Å². The highest BCUT2D eigenvalue weighted by atomic mass is 16.3. The molecule has 1 aliphatic heterocycles. The van der Waals surface area contributed by atoms with Crippen LogP contribution in [0.15, 0.2) is 12.4 Å². The lowest BCUT2D eigenvalue weighted by Gasteiger charge is -2.40. The lowest BCUT2D eigenvalue weighted by Crippen LogP contribution is -2.42. The maximum Gasteiger partial charge on any atom is 0.105 e. The third-order valence-electron chi connectivity index (χ3n) is 4.80. The SMILES string of the molecule is CCC1(CO)CCN(CCCn2ccnc2C)CC1. The van der Waals surface area contributed by atoms with Gasteiger partial charge in [-0.15, -0.1) is 0 Å². The molecule has 0 aliphatic carbocycles. The van der Waals surface area contributed by atoms with Gasteiger partial charge in [0.2, 0.25) is 0 Å². The molecule has 1 N–H and O–H groups in total. The Kier molecular flexibility index (Phi) is 4.99. The lowest BCUT2D eigenvalue weighted by atomic mass is 9.77. The second-order valence-electron chi connectivity index (χ2n) is 5.87. The number of imidazole rings is 1. The summed E-state index contributed by atoms with van der Waals surface area (Å²) >= 11 is 0. The van der Waals surface area contributed by atoms with Gasteiger partial charge in [-0.05, 0) is 57.7 Å². The summed E-state index contributed by atoms with van der Waals surface area (Å²) in [6, 6.07) is 0. The number of nitrogens with zero attached hydrogens (tertiary/aromatic N) is 3. The summed E-state index contributed by atoms with van der Waals surface area (Å²) in [5, 5.41) is 9.53. The van der Waals surface area contributed by atoms with Crippen LogP contribution < -0.4 is 0 Å². The highest BCUT2D eigenvalue weighted by molar-refractivity contribution is 4.88. The lowest BCUT2D eigenvalue weighted by molar-refractivity contribution is 0.0402. The molecule has 0 atom stereocenters. The monoisotopic (exact) mass is 265 g/mol. The smallest absolute Gasteiger partial charge is 0.105 e. The summed E-state index contributed by atoms with van der Waals surface area (Å²) in [6.07, 6.45) is 8.49. The van der Waals surface area contributed by atoms with Crippen LogP contribution in [0.2, 0.25) is 0 Å². The fraction of sp³-hybridized carbons (Fsp3) is 0.800. The first kappa shape index (κ1) is 14.5. The van der Waals surface area contributed by atoms with E-state index in [0.717, 1.165) is 51.3 Å². The van der Waals surface area contributed by atoms with E-state index in [9.17, 15) is 5.11 Å². The Labute approximate surface area is 116 Å². The molecule has 2 heterocycles. The van der Waals surface area contributed by atoms with Crippen molar-refractivity contribution in [1.29, 1.82) is 0 Å². The van der Waals surface area contributed by atoms with Crippen LogP contribution >= 0.6 is 0 Å². The average Bonchev–Trinajstić information content (AvgIpc) is 2.86. The Bertz CT molecular complexity index is 374. The zero-order valence-electron chi connectivity index (χ0n) is 12.3. The van der Waals surface area contributed by atoms with Gasteiger partial charge in [0.1, 0.15) is 5.82 Å². The van der Waals surface area contributed by atoms with Crippen LogP contribution in [-0.4, -0.2) is 45.8 Å². The second-order valence-corrected chi connectivity index (χ2v) is 5.87. The summed E-state index contributed by atoms with van der Waals surface area (Å²) < 4.78 is 2.22. The molecule has 1 saturated heterocycles. The quantitative estimate of drug-likeness (QED) is 0.856. The van der Waals surface area contributed by atoms with E-state index in [1.54, 1.807) is 0 Å². The van der Waals surface area contributed by atoms with Gasteiger partial charge < -0.3 is 14.6 Å². The van der Waals surface area contributed by atoms with Crippen LogP contribution in [0.3, 0.4) is 0 Å². The number of piperidine rings is 1. The van der Waals surface area contributed by atoms with Crippen molar-refractivity contribution in [1.82, 2.24) is 14.5 Å². The number of aryl methyl sites for hydroxylation is 2. The topological polar surface area (TPSA) is 41.3 Å². The molecule has 1 fully saturated rings. The molecule has 19 heavy (non-hydrogen) atoms. The normalized spacial score (nSPS) is 19.7. The van der Waals surface area contributed by atoms with Gasteiger partial charge >= 0.3 is 0 Å². The van der Waals surface area contributed by atoms with Crippen molar-refractivity contribution in [2.45, 2.75) is 46.1 Å². The summed E-state index contributed by atoms with van der Waals surface area (Å²) in [4.78, 5) is 6.78. The Balaban J connectivity index is 1.70. The highest BCUT2D eigenvalue weighted by Crippen LogP contribution is 2.34. The molecule has 0 unspecified atom stereocenters. The molecule has 2 rings (SSSR count). The number of hydrogen-bond donors (Lipinski definition) is 1. The van der Waals surface area contributed by atoms with Crippen molar-refractivity contribution in [2.24, 2.45) is 5.41 Å². The van der Waals surface area contributed by atoms with Gasteiger partial charge in [0.25, 0.3) is 0 Å². The first-order chi connectivity index (χ1) is 9.19. The van der Waals surface area contributed by atoms with E-state index < -0.39 is 0 Å². The average molecular weight is 265 g/mol. The molecule has 1 aromatic rings. The van der Waals surface area contributed by atoms with Crippen LogP contribution in [0.25, 0.3) is 0 Å². The molecular formula is C15H27N3O. The van der Waals surface area contributed by atoms with Crippen molar-refractivity contribution in [3.63, 3.8) is 0 Å². The molecule has 0 radical (unpaired) electrons. The first-order valence-electron chi connectivity index (χ1n) is 7.50. The second kappa shape index (κ2) is 6.53. The van der Waals surface area contributed by atoms with E-state index in [2.05, 4.69) is 34.5 Å². The number of rotatable bonds is 6. The van der Waals surface area contributed by atoms with E-state index >= 15 is 0 Å². The minimum atomic E-state index is 0.206. The summed E-state index contributed by atoms with van der Waals surface area (Å²) in [7, 11) is 0. The fourth-order valence-corrected chi connectivity index (χ4v) is 2.98. The predicted molar refractivity (Wildman–Crippen MR) is 77.1 cm³/mol. The minimum Gasteiger partial charge on any atom is -0.396 e. The molecule has 0 spiro atoms. The molecule has 0 aromatic carbocycles. The van der Waals surface area contributed by atoms with Gasteiger partial charge in [-0.2, -0.15) is 0 Å². The van der Waals surface area contributed by atoms with Crippen LogP contribution in [0.1, 0.15) is 38.4 Å². The fourth-order valence-electron chi connectivity index (χ4n) is 2.98. The number of aliphatic hydroxyl groups excluding tert-OH is 1. The molecule has 0 saturated carbocycles. The highest BCUT2D eigenvalue weighted by Gasteiger charge is 2.31. The van der Waals surface area contributed by atoms with E-state index in [0.29, 0.717) is 6.61 Å². The molecule has 1 aliphatic rings. The molecule has 0 amide bonds. The van der Waals surface area contributed by atoms with Crippen molar-refractivity contribution >= 4 is 0 Å². The number of aliphatic hydroxyl groups is 1.